The van der Waals surface area contributed by atoms with Crippen LogP contribution in [0.25, 0.3) is 0 Å². The van der Waals surface area contributed by atoms with E-state index >= 15 is 0 Å². The second-order valence-electron chi connectivity index (χ2n) is 4.10. The summed E-state index contributed by atoms with van der Waals surface area (Å²) in [5, 5.41) is 17.2. The lowest BCUT2D eigenvalue weighted by molar-refractivity contribution is -0.0466. The quantitative estimate of drug-likeness (QED) is 0.451. The van der Waals surface area contributed by atoms with E-state index in [9.17, 15) is 0 Å². The summed E-state index contributed by atoms with van der Waals surface area (Å²) in [6.07, 6.45) is 10.9. The Morgan fingerprint density at radius 1 is 0.733 bits per heavy atom. The van der Waals surface area contributed by atoms with Gasteiger partial charge in [0.1, 0.15) is 0 Å². The van der Waals surface area contributed by atoms with E-state index in [4.69, 9.17) is 10.2 Å². The van der Waals surface area contributed by atoms with Crippen molar-refractivity contribution in [1.29, 1.82) is 0 Å². The third kappa shape index (κ3) is 16.9. The minimum absolute atomic E-state index is 0. The van der Waals surface area contributed by atoms with E-state index < -0.39 is 6.29 Å². The van der Waals surface area contributed by atoms with Crippen LogP contribution >= 0.6 is 12.4 Å². The molecular weight excluding hydrogens is 212 g/mol. The van der Waals surface area contributed by atoms with Crippen LogP contribution in [-0.4, -0.2) is 16.5 Å². The third-order valence-corrected chi connectivity index (χ3v) is 2.57. The molecule has 0 aliphatic heterocycles. The first-order valence-corrected chi connectivity index (χ1v) is 6.13. The van der Waals surface area contributed by atoms with Gasteiger partial charge in [-0.3, -0.25) is 0 Å². The maximum atomic E-state index is 8.61. The van der Waals surface area contributed by atoms with Gasteiger partial charge in [-0.1, -0.05) is 58.3 Å². The normalized spacial score (nSPS) is 10.4. The molecule has 0 aromatic heterocycles. The van der Waals surface area contributed by atoms with Gasteiger partial charge in [-0.25, -0.2) is 0 Å². The Morgan fingerprint density at radius 3 is 1.53 bits per heavy atom. The van der Waals surface area contributed by atoms with Gasteiger partial charge in [0.25, 0.3) is 0 Å². The van der Waals surface area contributed by atoms with Gasteiger partial charge in [-0.05, 0) is 12.8 Å². The number of unbranched alkanes of at least 4 members (excludes halogenated alkanes) is 8. The van der Waals surface area contributed by atoms with E-state index in [2.05, 4.69) is 6.92 Å². The maximum absolute atomic E-state index is 8.61. The molecule has 94 valence electrons. The zero-order valence-corrected chi connectivity index (χ0v) is 10.8. The second kappa shape index (κ2) is 14.2. The lowest BCUT2D eigenvalue weighted by atomic mass is 10.1. The SMILES string of the molecule is CCCCCCCCCCCC(O)O.Cl. The number of hydrogen-bond acceptors (Lipinski definition) is 2. The number of hydrogen-bond donors (Lipinski definition) is 2. The summed E-state index contributed by atoms with van der Waals surface area (Å²) in [4.78, 5) is 0. The molecule has 0 radical (unpaired) electrons. The summed E-state index contributed by atoms with van der Waals surface area (Å²) in [5.41, 5.74) is 0. The summed E-state index contributed by atoms with van der Waals surface area (Å²) in [7, 11) is 0. The summed E-state index contributed by atoms with van der Waals surface area (Å²) in [5.74, 6) is 0. The molecule has 0 saturated heterocycles. The van der Waals surface area contributed by atoms with E-state index in [1.807, 2.05) is 0 Å². The molecule has 3 heteroatoms. The molecule has 0 unspecified atom stereocenters. The Kier molecular flexibility index (Phi) is 16.7. The molecule has 2 nitrogen and oxygen atoms in total. The molecule has 0 aromatic rings. The van der Waals surface area contributed by atoms with Crippen molar-refractivity contribution in [2.24, 2.45) is 0 Å². The molecule has 0 aliphatic carbocycles. The lowest BCUT2D eigenvalue weighted by Crippen LogP contribution is -2.02. The Hall–Kier alpha value is 0.210. The molecule has 2 N–H and O–H groups in total. The van der Waals surface area contributed by atoms with Crippen LogP contribution in [0.15, 0.2) is 0 Å². The van der Waals surface area contributed by atoms with E-state index in [-0.39, 0.29) is 12.4 Å². The minimum Gasteiger partial charge on any atom is -0.368 e. The molecule has 0 fully saturated rings. The van der Waals surface area contributed by atoms with Crippen molar-refractivity contribution in [3.05, 3.63) is 0 Å². The molecule has 0 heterocycles. The molecule has 0 rings (SSSR count). The smallest absolute Gasteiger partial charge is 0.151 e. The zero-order valence-electron chi connectivity index (χ0n) is 9.95. The Bertz CT molecular complexity index is 108. The predicted octanol–water partition coefficient (Wildman–Crippen LogP) is 3.64. The van der Waals surface area contributed by atoms with Crippen molar-refractivity contribution in [2.45, 2.75) is 77.4 Å². The molecule has 0 atom stereocenters. The highest BCUT2D eigenvalue weighted by Crippen LogP contribution is 2.10. The summed E-state index contributed by atoms with van der Waals surface area (Å²) >= 11 is 0. The highest BCUT2D eigenvalue weighted by Gasteiger charge is 1.96. The van der Waals surface area contributed by atoms with Crippen LogP contribution in [0.5, 0.6) is 0 Å². The second-order valence-corrected chi connectivity index (χ2v) is 4.10. The van der Waals surface area contributed by atoms with E-state index in [1.165, 1.54) is 44.9 Å². The fourth-order valence-corrected chi connectivity index (χ4v) is 1.64. The van der Waals surface area contributed by atoms with Crippen LogP contribution in [0.1, 0.15) is 71.1 Å². The van der Waals surface area contributed by atoms with Gasteiger partial charge in [0.15, 0.2) is 6.29 Å². The monoisotopic (exact) mass is 238 g/mol. The highest BCUT2D eigenvalue weighted by atomic mass is 35.5. The average Bonchev–Trinajstić information content (AvgIpc) is 2.15. The van der Waals surface area contributed by atoms with Gasteiger partial charge in [0, 0.05) is 0 Å². The van der Waals surface area contributed by atoms with E-state index in [1.54, 1.807) is 0 Å². The van der Waals surface area contributed by atoms with Gasteiger partial charge in [-0.2, -0.15) is 0 Å². The minimum atomic E-state index is -1.10. The van der Waals surface area contributed by atoms with Crippen molar-refractivity contribution >= 4 is 12.4 Å². The van der Waals surface area contributed by atoms with Crippen LogP contribution < -0.4 is 0 Å². The van der Waals surface area contributed by atoms with Gasteiger partial charge in [0.2, 0.25) is 0 Å². The van der Waals surface area contributed by atoms with Crippen LogP contribution in [0.3, 0.4) is 0 Å². The maximum Gasteiger partial charge on any atom is 0.151 e. The average molecular weight is 239 g/mol. The third-order valence-electron chi connectivity index (χ3n) is 2.57. The van der Waals surface area contributed by atoms with Gasteiger partial charge in [-0.15, -0.1) is 12.4 Å². The van der Waals surface area contributed by atoms with Crippen molar-refractivity contribution in [3.8, 4) is 0 Å². The lowest BCUT2D eigenvalue weighted by Gasteiger charge is -2.03. The molecule has 0 aliphatic rings. The Balaban J connectivity index is 0. The van der Waals surface area contributed by atoms with E-state index in [0.29, 0.717) is 6.42 Å². The fraction of sp³-hybridized carbons (Fsp3) is 1.00. The Morgan fingerprint density at radius 2 is 1.13 bits per heavy atom. The fourth-order valence-electron chi connectivity index (χ4n) is 1.64. The van der Waals surface area contributed by atoms with Gasteiger partial charge < -0.3 is 10.2 Å². The van der Waals surface area contributed by atoms with Crippen LogP contribution in [0, 0.1) is 0 Å². The first-order chi connectivity index (χ1) is 6.77. The summed E-state index contributed by atoms with van der Waals surface area (Å²) in [6.45, 7) is 2.24. The molecular formula is C12H27ClO2. The van der Waals surface area contributed by atoms with Crippen LogP contribution in [0.2, 0.25) is 0 Å². The summed E-state index contributed by atoms with van der Waals surface area (Å²) in [6, 6.07) is 0. The first kappa shape index (κ1) is 17.6. The standard InChI is InChI=1S/C12H26O2.ClH/c1-2-3-4-5-6-7-8-9-10-11-12(13)14;/h12-14H,2-11H2,1H3;1H. The van der Waals surface area contributed by atoms with Crippen LogP contribution in [0.4, 0.5) is 0 Å². The molecule has 0 saturated carbocycles. The van der Waals surface area contributed by atoms with Crippen molar-refractivity contribution in [2.75, 3.05) is 0 Å². The largest absolute Gasteiger partial charge is 0.368 e. The molecule has 15 heavy (non-hydrogen) atoms. The van der Waals surface area contributed by atoms with Gasteiger partial charge >= 0.3 is 0 Å². The number of rotatable bonds is 10. The molecule has 0 bridgehead atoms. The number of aliphatic hydroxyl groups is 2. The molecule has 0 spiro atoms. The van der Waals surface area contributed by atoms with E-state index in [0.717, 1.165) is 12.8 Å². The van der Waals surface area contributed by atoms with Crippen molar-refractivity contribution < 1.29 is 10.2 Å². The predicted molar refractivity (Wildman–Crippen MR) is 67.3 cm³/mol. The number of halogens is 1. The zero-order chi connectivity index (χ0) is 10.6. The number of aliphatic hydroxyl groups excluding tert-OH is 1. The van der Waals surface area contributed by atoms with Crippen LogP contribution in [-0.2, 0) is 0 Å². The molecule has 0 aromatic carbocycles. The topological polar surface area (TPSA) is 40.5 Å². The van der Waals surface area contributed by atoms with Crippen molar-refractivity contribution in [1.82, 2.24) is 0 Å². The van der Waals surface area contributed by atoms with Gasteiger partial charge in [0.05, 0.1) is 0 Å². The highest BCUT2D eigenvalue weighted by molar-refractivity contribution is 5.85. The first-order valence-electron chi connectivity index (χ1n) is 6.13. The van der Waals surface area contributed by atoms with Crippen molar-refractivity contribution in [3.63, 3.8) is 0 Å². The Labute approximate surface area is 100 Å². The summed E-state index contributed by atoms with van der Waals surface area (Å²) < 4.78 is 0. The molecule has 0 amide bonds.